The summed E-state index contributed by atoms with van der Waals surface area (Å²) in [6, 6.07) is 0. The number of nitrogens with two attached hydrogens (primary N) is 1. The molecule has 2 aromatic rings. The number of nitrogens with one attached hydrogen (secondary N) is 2. The second-order valence-electron chi connectivity index (χ2n) is 17.5. The molecule has 74 heavy (non-hydrogen) atoms. The predicted octanol–water partition coefficient (Wildman–Crippen LogP) is 5.12. The van der Waals surface area contributed by atoms with E-state index in [-0.39, 0.29) is 53.8 Å². The van der Waals surface area contributed by atoms with Crippen molar-refractivity contribution in [3.05, 3.63) is 73.4 Å². The quantitative estimate of drug-likeness (QED) is 0.0240. The summed E-state index contributed by atoms with van der Waals surface area (Å²) >= 11 is 0.966. The zero-order valence-corrected chi connectivity index (χ0v) is 45.2. The first-order chi connectivity index (χ1) is 34.9. The van der Waals surface area contributed by atoms with Crippen LogP contribution in [0, 0.1) is 5.41 Å². The number of aliphatic hydroxyl groups is 3. The molecule has 1 aliphatic rings. The third-order valence-electron chi connectivity index (χ3n) is 10.7. The van der Waals surface area contributed by atoms with Gasteiger partial charge in [-0.15, -0.1) is 0 Å². The summed E-state index contributed by atoms with van der Waals surface area (Å²) in [6.45, 7) is 2.55. The van der Waals surface area contributed by atoms with Crippen molar-refractivity contribution in [1.82, 2.24) is 30.2 Å². The number of fused-ring (bicyclic) bond motifs is 1. The number of thioether (sulfide) groups is 1. The number of phosphoric acid groups is 3. The molecular formula is C45H72N7O18P3S. The zero-order chi connectivity index (χ0) is 54.8. The summed E-state index contributed by atoms with van der Waals surface area (Å²) < 4.78 is 62.5. The standard InChI is InChI=1S/C45H72N7O18P3S/c1-4-5-6-7-8-9-10-11-12-13-14-15-16-17-18-19-20-21-22-23-33(53)28-36(55)74-27-26-47-35(54)24-25-48-43(58)40(57)45(2,3)30-67-73(64,65)70-72(62,63)66-29-34-39(69-71(59,60)61)38(56)44(68-34)52-32-51-37-41(46)49-31-50-42(37)52/h8-9,11-12,14-15,17-18,20-21,31-34,38-40,44,53,56-57H,4-7,10,13,16,19,22-30H2,1-3H3,(H,47,54)(H,48,58)(H,62,63)(H,64,65)(H2,46,49,50)(H2,59,60,61)/b9-8-,12-11-,15-14-,18-17-,21-20-/t33-,34-,38-,39-,40+,44-/m1/s1. The number of amides is 2. The van der Waals surface area contributed by atoms with E-state index in [0.717, 1.165) is 61.1 Å². The summed E-state index contributed by atoms with van der Waals surface area (Å²) in [5.41, 5.74) is 4.24. The highest BCUT2D eigenvalue weighted by Crippen LogP contribution is 2.61. The lowest BCUT2D eigenvalue weighted by Gasteiger charge is -2.30. The Kier molecular flexibility index (Phi) is 28.5. The van der Waals surface area contributed by atoms with E-state index in [2.05, 4.69) is 90.0 Å². The van der Waals surface area contributed by atoms with Crippen LogP contribution in [0.4, 0.5) is 5.82 Å². The van der Waals surface area contributed by atoms with Crippen LogP contribution < -0.4 is 16.4 Å². The van der Waals surface area contributed by atoms with Gasteiger partial charge in [0.05, 0.1) is 25.6 Å². The molecule has 0 spiro atoms. The Hall–Kier alpha value is -3.78. The SMILES string of the molecule is CCCCC/C=C\C/C=C\C/C=C\C/C=C\C/C=C\CC[C@@H](O)CC(=O)SCCNC(=O)CCNC(=O)[C@H](O)C(C)(C)COP(=O)(O)OP(=O)(O)OC[C@H]1O[C@@H](n2cnc3c(N)ncnc32)[C@H](O)[C@@H]1OP(=O)(O)O. The van der Waals surface area contributed by atoms with Crippen molar-refractivity contribution < 1.29 is 85.6 Å². The molecule has 0 bridgehead atoms. The van der Waals surface area contributed by atoms with Gasteiger partial charge >= 0.3 is 23.5 Å². The van der Waals surface area contributed by atoms with Crippen LogP contribution in [0.1, 0.15) is 104 Å². The Morgan fingerprint density at radius 3 is 2.09 bits per heavy atom. The van der Waals surface area contributed by atoms with Gasteiger partial charge < -0.3 is 56.0 Å². The number of ether oxygens (including phenoxy) is 1. The number of imidazole rings is 1. The lowest BCUT2D eigenvalue weighted by molar-refractivity contribution is -0.137. The third-order valence-corrected chi connectivity index (χ3v) is 14.7. The minimum Gasteiger partial charge on any atom is -0.393 e. The highest BCUT2D eigenvalue weighted by molar-refractivity contribution is 8.13. The summed E-state index contributed by atoms with van der Waals surface area (Å²) in [7, 11) is -16.5. The van der Waals surface area contributed by atoms with Gasteiger partial charge in [-0.05, 0) is 51.4 Å². The molecule has 0 saturated carbocycles. The van der Waals surface area contributed by atoms with Gasteiger partial charge in [-0.25, -0.2) is 28.6 Å². The maximum absolute atomic E-state index is 12.8. The van der Waals surface area contributed by atoms with E-state index >= 15 is 0 Å². The molecule has 2 amide bonds. The monoisotopic (exact) mass is 1120 g/mol. The Bertz CT molecular complexity index is 2380. The van der Waals surface area contributed by atoms with Crippen molar-refractivity contribution in [3.8, 4) is 0 Å². The number of carbonyl (C=O) groups is 3. The Labute approximate surface area is 434 Å². The van der Waals surface area contributed by atoms with E-state index in [1.54, 1.807) is 0 Å². The number of hydrogen-bond acceptors (Lipinski definition) is 19. The number of aromatic nitrogens is 4. The molecular weight excluding hydrogens is 1050 g/mol. The van der Waals surface area contributed by atoms with Gasteiger partial charge in [0.25, 0.3) is 0 Å². The number of anilines is 1. The molecule has 11 N–H and O–H groups in total. The average Bonchev–Trinajstić information content (AvgIpc) is 3.89. The number of nitrogens with zero attached hydrogens (tertiary/aromatic N) is 4. The largest absolute Gasteiger partial charge is 0.481 e. The fourth-order valence-corrected chi connectivity index (χ4v) is 10.3. The second kappa shape index (κ2) is 32.7. The Morgan fingerprint density at radius 2 is 1.47 bits per heavy atom. The maximum Gasteiger partial charge on any atom is 0.481 e. The average molecular weight is 1120 g/mol. The molecule has 1 saturated heterocycles. The number of phosphoric ester groups is 3. The van der Waals surface area contributed by atoms with E-state index in [0.29, 0.717) is 12.8 Å². The molecule has 2 unspecified atom stereocenters. The number of nitrogen functional groups attached to an aromatic ring is 1. The first-order valence-electron chi connectivity index (χ1n) is 23.9. The van der Waals surface area contributed by atoms with Crippen molar-refractivity contribution >= 4 is 69.1 Å². The van der Waals surface area contributed by atoms with Crippen molar-refractivity contribution in [2.24, 2.45) is 5.41 Å². The van der Waals surface area contributed by atoms with Crippen LogP contribution in [0.15, 0.2) is 73.4 Å². The van der Waals surface area contributed by atoms with Crippen molar-refractivity contribution in [3.63, 3.8) is 0 Å². The number of rotatable bonds is 36. The van der Waals surface area contributed by atoms with Gasteiger partial charge in [-0.3, -0.25) is 32.5 Å². The smallest absolute Gasteiger partial charge is 0.393 e. The van der Waals surface area contributed by atoms with Crippen LogP contribution in [0.3, 0.4) is 0 Å². The normalized spacial score (nSPS) is 20.3. The van der Waals surface area contributed by atoms with Crippen LogP contribution in [0.2, 0.25) is 0 Å². The number of hydrogen-bond donors (Lipinski definition) is 10. The molecule has 3 rings (SSSR count). The van der Waals surface area contributed by atoms with Gasteiger partial charge in [0.1, 0.15) is 36.3 Å². The van der Waals surface area contributed by atoms with Crippen molar-refractivity contribution in [1.29, 1.82) is 0 Å². The molecule has 25 nitrogen and oxygen atoms in total. The molecule has 0 radical (unpaired) electrons. The maximum atomic E-state index is 12.8. The van der Waals surface area contributed by atoms with E-state index < -0.39 is 90.7 Å². The molecule has 1 aliphatic heterocycles. The summed E-state index contributed by atoms with van der Waals surface area (Å²) in [4.78, 5) is 88.6. The first kappa shape index (κ1) is 64.5. The van der Waals surface area contributed by atoms with E-state index in [9.17, 15) is 63.0 Å². The molecule has 0 aromatic carbocycles. The second-order valence-corrected chi connectivity index (χ2v) is 22.9. The minimum atomic E-state index is -5.60. The molecule has 3 heterocycles. The number of allylic oxidation sites excluding steroid dienone is 10. The van der Waals surface area contributed by atoms with E-state index in [1.807, 2.05) is 12.2 Å². The minimum absolute atomic E-state index is 0.0247. The highest BCUT2D eigenvalue weighted by atomic mass is 32.2. The Morgan fingerprint density at radius 1 is 0.865 bits per heavy atom. The highest BCUT2D eigenvalue weighted by Gasteiger charge is 2.50. The predicted molar refractivity (Wildman–Crippen MR) is 275 cm³/mol. The fraction of sp³-hybridized carbons (Fsp3) is 0.600. The molecule has 29 heteroatoms. The van der Waals surface area contributed by atoms with Gasteiger partial charge in [0, 0.05) is 37.1 Å². The molecule has 416 valence electrons. The van der Waals surface area contributed by atoms with Gasteiger partial charge in [0.2, 0.25) is 11.8 Å². The van der Waals surface area contributed by atoms with Gasteiger partial charge in [-0.2, -0.15) is 4.31 Å². The lowest BCUT2D eigenvalue weighted by atomic mass is 9.87. The zero-order valence-electron chi connectivity index (χ0n) is 41.7. The molecule has 8 atom stereocenters. The number of unbranched alkanes of at least 4 members (excludes halogenated alkanes) is 3. The molecule has 2 aromatic heterocycles. The van der Waals surface area contributed by atoms with Gasteiger partial charge in [-0.1, -0.05) is 106 Å². The Balaban J connectivity index is 1.28. The number of aliphatic hydroxyl groups excluding tert-OH is 3. The van der Waals surface area contributed by atoms with Gasteiger partial charge in [0.15, 0.2) is 22.8 Å². The van der Waals surface area contributed by atoms with Crippen LogP contribution in [0.25, 0.3) is 11.2 Å². The van der Waals surface area contributed by atoms with Crippen LogP contribution in [0.5, 0.6) is 0 Å². The summed E-state index contributed by atoms with van der Waals surface area (Å²) in [6.07, 6.45) is 22.9. The van der Waals surface area contributed by atoms with Crippen LogP contribution in [-0.4, -0.2) is 134 Å². The summed E-state index contributed by atoms with van der Waals surface area (Å²) in [5.74, 6) is -1.28. The number of carbonyl (C=O) groups excluding carboxylic acids is 3. The molecule has 0 aliphatic carbocycles. The van der Waals surface area contributed by atoms with Crippen molar-refractivity contribution in [2.75, 3.05) is 37.8 Å². The van der Waals surface area contributed by atoms with Crippen LogP contribution in [-0.2, 0) is 50.7 Å². The van der Waals surface area contributed by atoms with E-state index in [4.69, 9.17) is 19.5 Å². The van der Waals surface area contributed by atoms with E-state index in [1.165, 1.54) is 33.1 Å². The van der Waals surface area contributed by atoms with Crippen molar-refractivity contribution in [2.45, 2.75) is 135 Å². The molecule has 1 fully saturated rings. The lowest BCUT2D eigenvalue weighted by Crippen LogP contribution is -2.46. The third kappa shape index (κ3) is 24.9. The summed E-state index contributed by atoms with van der Waals surface area (Å²) in [5, 5.41) is 36.6. The topological polar surface area (TPSA) is 384 Å². The fourth-order valence-electron chi connectivity index (χ4n) is 6.77. The van der Waals surface area contributed by atoms with Crippen LogP contribution >= 0.6 is 35.2 Å². The first-order valence-corrected chi connectivity index (χ1v) is 29.4.